The first kappa shape index (κ1) is 19.8. The van der Waals surface area contributed by atoms with Crippen molar-refractivity contribution in [1.29, 1.82) is 0 Å². The van der Waals surface area contributed by atoms with Gasteiger partial charge in [0.25, 0.3) is 5.69 Å². The number of nitrogens with one attached hydrogen (secondary N) is 2. The van der Waals surface area contributed by atoms with Crippen molar-refractivity contribution in [3.05, 3.63) is 86.1 Å². The number of ether oxygens (including phenoxy) is 1. The van der Waals surface area contributed by atoms with Crippen LogP contribution in [-0.2, 0) is 16.1 Å². The summed E-state index contributed by atoms with van der Waals surface area (Å²) in [6, 6.07) is 12.9. The van der Waals surface area contributed by atoms with Crippen LogP contribution >= 0.6 is 23.8 Å². The van der Waals surface area contributed by atoms with Gasteiger partial charge in [0.1, 0.15) is 11.6 Å². The van der Waals surface area contributed by atoms with E-state index in [1.807, 2.05) is 30.3 Å². The fourth-order valence-electron chi connectivity index (χ4n) is 2.86. The van der Waals surface area contributed by atoms with Crippen LogP contribution in [0, 0.1) is 10.1 Å². The zero-order valence-corrected chi connectivity index (χ0v) is 16.3. The van der Waals surface area contributed by atoms with Crippen LogP contribution in [0.2, 0.25) is 5.02 Å². The number of hydrogen-bond donors (Lipinski definition) is 2. The predicted octanol–water partition coefficient (Wildman–Crippen LogP) is 3.78. The average Bonchev–Trinajstić information content (AvgIpc) is 2.66. The highest BCUT2D eigenvalue weighted by Gasteiger charge is 2.32. The Bertz CT molecular complexity index is 978. The number of nitro benzene ring substituents is 1. The van der Waals surface area contributed by atoms with Crippen molar-refractivity contribution in [2.45, 2.75) is 19.6 Å². The molecule has 7 nitrogen and oxygen atoms in total. The minimum absolute atomic E-state index is 0.0131. The zero-order valence-electron chi connectivity index (χ0n) is 14.8. The third-order valence-corrected chi connectivity index (χ3v) is 4.74. The van der Waals surface area contributed by atoms with Crippen molar-refractivity contribution in [1.82, 2.24) is 10.6 Å². The van der Waals surface area contributed by atoms with Gasteiger partial charge in [0.15, 0.2) is 5.11 Å². The van der Waals surface area contributed by atoms with Gasteiger partial charge in [0, 0.05) is 11.8 Å². The number of rotatable bonds is 5. The molecule has 9 heteroatoms. The van der Waals surface area contributed by atoms with Crippen LogP contribution in [0.1, 0.15) is 24.1 Å². The van der Waals surface area contributed by atoms with E-state index >= 15 is 0 Å². The number of hydrogen-bond acceptors (Lipinski definition) is 5. The molecule has 0 saturated heterocycles. The number of thiocarbonyl (C=S) groups is 1. The molecule has 144 valence electrons. The summed E-state index contributed by atoms with van der Waals surface area (Å²) in [5.41, 5.74) is 1.89. The van der Waals surface area contributed by atoms with Crippen LogP contribution in [-0.4, -0.2) is 16.0 Å². The summed E-state index contributed by atoms with van der Waals surface area (Å²) >= 11 is 11.1. The summed E-state index contributed by atoms with van der Waals surface area (Å²) in [7, 11) is 0. The molecular weight excluding hydrogens is 402 g/mol. The van der Waals surface area contributed by atoms with Gasteiger partial charge in [0.2, 0.25) is 0 Å². The van der Waals surface area contributed by atoms with E-state index in [1.165, 1.54) is 12.1 Å². The quantitative estimate of drug-likeness (QED) is 0.331. The standard InChI is InChI=1S/C19H16ClN3O4S/c1-11-16(18(24)27-10-12-5-3-2-4-6-12)17(22-19(28)21-11)13-7-8-14(20)15(9-13)23(25)26/h2-9,17H,10H2,1H3,(H2,21,22,28). The van der Waals surface area contributed by atoms with Gasteiger partial charge in [-0.1, -0.05) is 48.0 Å². The maximum atomic E-state index is 12.8. The van der Waals surface area contributed by atoms with Crippen molar-refractivity contribution in [3.63, 3.8) is 0 Å². The van der Waals surface area contributed by atoms with Gasteiger partial charge in [-0.15, -0.1) is 0 Å². The fourth-order valence-corrected chi connectivity index (χ4v) is 3.32. The van der Waals surface area contributed by atoms with E-state index in [1.54, 1.807) is 13.0 Å². The smallest absolute Gasteiger partial charge is 0.338 e. The number of benzene rings is 2. The van der Waals surface area contributed by atoms with Crippen molar-refractivity contribution >= 4 is 40.6 Å². The second kappa shape index (κ2) is 8.37. The van der Waals surface area contributed by atoms with E-state index in [2.05, 4.69) is 10.6 Å². The van der Waals surface area contributed by atoms with Crippen LogP contribution in [0.3, 0.4) is 0 Å². The first-order valence-electron chi connectivity index (χ1n) is 8.30. The second-order valence-electron chi connectivity index (χ2n) is 6.10. The molecule has 0 amide bonds. The fraction of sp³-hybridized carbons (Fsp3) is 0.158. The molecule has 0 saturated carbocycles. The van der Waals surface area contributed by atoms with Crippen LogP contribution in [0.25, 0.3) is 0 Å². The topological polar surface area (TPSA) is 93.5 Å². The van der Waals surface area contributed by atoms with Crippen LogP contribution < -0.4 is 10.6 Å². The second-order valence-corrected chi connectivity index (χ2v) is 6.92. The molecule has 2 aromatic rings. The lowest BCUT2D eigenvalue weighted by molar-refractivity contribution is -0.384. The summed E-state index contributed by atoms with van der Waals surface area (Å²) in [5, 5.41) is 17.4. The summed E-state index contributed by atoms with van der Waals surface area (Å²) in [6.45, 7) is 1.80. The Morgan fingerprint density at radius 2 is 2.00 bits per heavy atom. The Morgan fingerprint density at radius 1 is 1.29 bits per heavy atom. The van der Waals surface area contributed by atoms with Gasteiger partial charge in [0.05, 0.1) is 16.5 Å². The molecular formula is C19H16ClN3O4S. The number of carbonyl (C=O) groups is 1. The molecule has 3 rings (SSSR count). The van der Waals surface area contributed by atoms with Crippen molar-refractivity contribution in [2.75, 3.05) is 0 Å². The van der Waals surface area contributed by atoms with Gasteiger partial charge in [-0.05, 0) is 36.3 Å². The lowest BCUT2D eigenvalue weighted by atomic mass is 9.95. The first-order chi connectivity index (χ1) is 13.4. The molecule has 0 aliphatic carbocycles. The molecule has 0 bridgehead atoms. The van der Waals surface area contributed by atoms with E-state index in [0.29, 0.717) is 21.9 Å². The number of nitro groups is 1. The molecule has 28 heavy (non-hydrogen) atoms. The molecule has 1 heterocycles. The average molecular weight is 418 g/mol. The van der Waals surface area contributed by atoms with E-state index in [-0.39, 0.29) is 17.3 Å². The Balaban J connectivity index is 1.91. The number of esters is 1. The van der Waals surface area contributed by atoms with Gasteiger partial charge in [-0.2, -0.15) is 0 Å². The van der Waals surface area contributed by atoms with Crippen LogP contribution in [0.15, 0.2) is 59.8 Å². The van der Waals surface area contributed by atoms with Gasteiger partial charge in [-0.25, -0.2) is 4.79 Å². The maximum Gasteiger partial charge on any atom is 0.338 e. The number of allylic oxidation sites excluding steroid dienone is 1. The summed E-state index contributed by atoms with van der Waals surface area (Å²) in [5.74, 6) is -0.550. The van der Waals surface area contributed by atoms with Crippen molar-refractivity contribution in [3.8, 4) is 0 Å². The van der Waals surface area contributed by atoms with Crippen molar-refractivity contribution in [2.24, 2.45) is 0 Å². The molecule has 2 N–H and O–H groups in total. The maximum absolute atomic E-state index is 12.8. The molecule has 2 aromatic carbocycles. The molecule has 1 aliphatic rings. The third kappa shape index (κ3) is 4.29. The Hall–Kier alpha value is -2.97. The SMILES string of the molecule is CC1=C(C(=O)OCc2ccccc2)C(c2ccc(Cl)c([N+](=O)[O-])c2)NC(=S)N1. The van der Waals surface area contributed by atoms with Gasteiger partial charge >= 0.3 is 5.97 Å². The molecule has 0 aromatic heterocycles. The lowest BCUT2D eigenvalue weighted by Crippen LogP contribution is -2.45. The largest absolute Gasteiger partial charge is 0.457 e. The number of halogens is 1. The summed E-state index contributed by atoms with van der Waals surface area (Å²) in [4.78, 5) is 23.4. The van der Waals surface area contributed by atoms with Gasteiger partial charge < -0.3 is 15.4 Å². The third-order valence-electron chi connectivity index (χ3n) is 4.20. The highest BCUT2D eigenvalue weighted by atomic mass is 35.5. The highest BCUT2D eigenvalue weighted by Crippen LogP contribution is 2.33. The lowest BCUT2D eigenvalue weighted by Gasteiger charge is -2.29. The Kier molecular flexibility index (Phi) is 5.91. The predicted molar refractivity (Wildman–Crippen MR) is 109 cm³/mol. The molecule has 0 radical (unpaired) electrons. The molecule has 1 atom stereocenters. The minimum atomic E-state index is -0.701. The Labute approximate surface area is 171 Å². The monoisotopic (exact) mass is 417 g/mol. The number of carbonyl (C=O) groups excluding carboxylic acids is 1. The number of nitrogens with zero attached hydrogens (tertiary/aromatic N) is 1. The van der Waals surface area contributed by atoms with E-state index < -0.39 is 16.9 Å². The zero-order chi connectivity index (χ0) is 20.3. The Morgan fingerprint density at radius 3 is 2.68 bits per heavy atom. The van der Waals surface area contributed by atoms with E-state index in [0.717, 1.165) is 5.56 Å². The first-order valence-corrected chi connectivity index (χ1v) is 9.08. The molecule has 0 fully saturated rings. The molecule has 1 unspecified atom stereocenters. The highest BCUT2D eigenvalue weighted by molar-refractivity contribution is 7.80. The molecule has 0 spiro atoms. The van der Waals surface area contributed by atoms with Crippen LogP contribution in [0.4, 0.5) is 5.69 Å². The summed E-state index contributed by atoms with van der Waals surface area (Å²) < 4.78 is 5.45. The van der Waals surface area contributed by atoms with E-state index in [4.69, 9.17) is 28.6 Å². The normalized spacial score (nSPS) is 16.2. The van der Waals surface area contributed by atoms with Crippen LogP contribution in [0.5, 0.6) is 0 Å². The van der Waals surface area contributed by atoms with E-state index in [9.17, 15) is 14.9 Å². The molecule has 1 aliphatic heterocycles. The minimum Gasteiger partial charge on any atom is -0.457 e. The summed E-state index contributed by atoms with van der Waals surface area (Å²) in [6.07, 6.45) is 0. The van der Waals surface area contributed by atoms with Crippen molar-refractivity contribution < 1.29 is 14.5 Å². The van der Waals surface area contributed by atoms with Gasteiger partial charge in [-0.3, -0.25) is 10.1 Å².